The third kappa shape index (κ3) is 3.39. The van der Waals surface area contributed by atoms with Crippen LogP contribution >= 0.6 is 11.6 Å². The number of hydrogen-bond acceptors (Lipinski definition) is 3. The largest absolute Gasteiger partial charge is 0.478 e. The molecule has 1 aliphatic carbocycles. The molecule has 1 heterocycles. The van der Waals surface area contributed by atoms with Crippen LogP contribution in [-0.4, -0.2) is 23.5 Å². The molecule has 0 bridgehead atoms. The van der Waals surface area contributed by atoms with E-state index in [-0.39, 0.29) is 22.5 Å². The molecular formula is C18H17ClFNO4. The van der Waals surface area contributed by atoms with Crippen LogP contribution in [0, 0.1) is 5.82 Å². The van der Waals surface area contributed by atoms with Gasteiger partial charge in [-0.25, -0.2) is 9.18 Å². The lowest BCUT2D eigenvalue weighted by atomic mass is 9.95. The maximum atomic E-state index is 13.2. The predicted molar refractivity (Wildman–Crippen MR) is 89.7 cm³/mol. The Kier molecular flexibility index (Phi) is 4.56. The number of carbonyl (C=O) groups is 2. The van der Waals surface area contributed by atoms with Gasteiger partial charge in [-0.2, -0.15) is 0 Å². The number of nitrogens with one attached hydrogen (secondary N) is 1. The van der Waals surface area contributed by atoms with Crippen LogP contribution in [0.5, 0.6) is 0 Å². The van der Waals surface area contributed by atoms with Gasteiger partial charge in [0, 0.05) is 29.5 Å². The molecule has 1 aromatic carbocycles. The van der Waals surface area contributed by atoms with Crippen molar-refractivity contribution in [3.8, 4) is 0 Å². The number of carboxylic acid groups (broad SMARTS) is 1. The first-order chi connectivity index (χ1) is 11.9. The molecule has 7 heteroatoms. The van der Waals surface area contributed by atoms with Gasteiger partial charge < -0.3 is 14.8 Å². The molecule has 1 aliphatic rings. The van der Waals surface area contributed by atoms with Gasteiger partial charge in [0.05, 0.1) is 0 Å². The van der Waals surface area contributed by atoms with E-state index in [1.807, 2.05) is 0 Å². The molecule has 2 N–H and O–H groups in total. The normalized spacial score (nSPS) is 15.0. The highest BCUT2D eigenvalue weighted by Gasteiger charge is 2.45. The van der Waals surface area contributed by atoms with Crippen molar-refractivity contribution in [2.24, 2.45) is 0 Å². The van der Waals surface area contributed by atoms with Crippen LogP contribution in [0.4, 0.5) is 4.39 Å². The van der Waals surface area contributed by atoms with Gasteiger partial charge in [-0.15, -0.1) is 0 Å². The Morgan fingerprint density at radius 2 is 2.08 bits per heavy atom. The summed E-state index contributed by atoms with van der Waals surface area (Å²) in [6.07, 6.45) is 2.04. The van der Waals surface area contributed by atoms with Crippen molar-refractivity contribution in [1.82, 2.24) is 5.32 Å². The minimum atomic E-state index is -1.13. The number of hydrogen-bond donors (Lipinski definition) is 2. The van der Waals surface area contributed by atoms with E-state index in [0.29, 0.717) is 18.0 Å². The van der Waals surface area contributed by atoms with E-state index in [4.69, 9.17) is 21.1 Å². The van der Waals surface area contributed by atoms with Crippen LogP contribution in [0.3, 0.4) is 0 Å². The molecule has 132 valence electrons. The second-order valence-electron chi connectivity index (χ2n) is 6.19. The van der Waals surface area contributed by atoms with Crippen molar-refractivity contribution in [1.29, 1.82) is 0 Å². The van der Waals surface area contributed by atoms with Gasteiger partial charge in [0.1, 0.15) is 17.1 Å². The van der Waals surface area contributed by atoms with E-state index < -0.39 is 17.7 Å². The third-order valence-corrected chi connectivity index (χ3v) is 4.84. The molecule has 1 saturated carbocycles. The molecule has 25 heavy (non-hydrogen) atoms. The summed E-state index contributed by atoms with van der Waals surface area (Å²) < 4.78 is 18.6. The van der Waals surface area contributed by atoms with Gasteiger partial charge in [0.2, 0.25) is 0 Å². The van der Waals surface area contributed by atoms with Crippen LogP contribution in [0.1, 0.15) is 52.0 Å². The number of carbonyl (C=O) groups excluding carboxylic acids is 1. The van der Waals surface area contributed by atoms with Crippen molar-refractivity contribution in [2.75, 3.05) is 6.54 Å². The number of amides is 1. The lowest BCUT2D eigenvalue weighted by Gasteiger charge is -2.17. The molecular weight excluding hydrogens is 349 g/mol. The zero-order valence-electron chi connectivity index (χ0n) is 13.6. The number of rotatable bonds is 6. The summed E-state index contributed by atoms with van der Waals surface area (Å²) in [7, 11) is 0. The minimum absolute atomic E-state index is 0.00429. The number of benzene rings is 1. The molecule has 0 unspecified atom stereocenters. The Bertz CT molecular complexity index is 842. The molecule has 1 amide bonds. The average molecular weight is 366 g/mol. The van der Waals surface area contributed by atoms with Crippen molar-refractivity contribution in [3.05, 3.63) is 57.8 Å². The molecule has 3 rings (SSSR count). The van der Waals surface area contributed by atoms with Gasteiger partial charge in [0.25, 0.3) is 5.91 Å². The van der Waals surface area contributed by atoms with Crippen molar-refractivity contribution >= 4 is 23.5 Å². The Labute approximate surface area is 148 Å². The number of halogens is 2. The first-order valence-electron chi connectivity index (χ1n) is 7.96. The van der Waals surface area contributed by atoms with Crippen LogP contribution in [0.15, 0.2) is 28.7 Å². The number of aryl methyl sites for hydroxylation is 1. The molecule has 0 saturated heterocycles. The Balaban J connectivity index is 1.73. The molecule has 2 aromatic rings. The van der Waals surface area contributed by atoms with Gasteiger partial charge in [0.15, 0.2) is 5.76 Å². The standard InChI is InChI=1S/C18H17ClFNO4/c1-2-14-11(17(23)24)8-15(25-14)16(22)21-9-18(5-6-18)12-4-3-10(20)7-13(12)19/h3-4,7-8H,2,5-6,9H2,1H3,(H,21,22)(H,23,24). The van der Waals surface area contributed by atoms with E-state index >= 15 is 0 Å². The van der Waals surface area contributed by atoms with Gasteiger partial charge in [-0.05, 0) is 30.5 Å². The quantitative estimate of drug-likeness (QED) is 0.816. The summed E-state index contributed by atoms with van der Waals surface area (Å²) in [6.45, 7) is 2.07. The summed E-state index contributed by atoms with van der Waals surface area (Å²) in [4.78, 5) is 23.5. The molecule has 0 atom stereocenters. The number of furan rings is 1. The third-order valence-electron chi connectivity index (χ3n) is 4.53. The topological polar surface area (TPSA) is 79.5 Å². The van der Waals surface area contributed by atoms with Crippen LogP contribution in [-0.2, 0) is 11.8 Å². The fourth-order valence-corrected chi connectivity index (χ4v) is 3.30. The summed E-state index contributed by atoms with van der Waals surface area (Å²) in [6, 6.07) is 5.49. The molecule has 5 nitrogen and oxygen atoms in total. The predicted octanol–water partition coefficient (Wildman–Crippen LogP) is 3.79. The van der Waals surface area contributed by atoms with E-state index in [1.54, 1.807) is 13.0 Å². The van der Waals surface area contributed by atoms with E-state index in [0.717, 1.165) is 18.4 Å². The van der Waals surface area contributed by atoms with E-state index in [2.05, 4.69) is 5.32 Å². The maximum absolute atomic E-state index is 13.2. The fraction of sp³-hybridized carbons (Fsp3) is 0.333. The van der Waals surface area contributed by atoms with Gasteiger partial charge >= 0.3 is 5.97 Å². The molecule has 0 radical (unpaired) electrons. The lowest BCUT2D eigenvalue weighted by Crippen LogP contribution is -2.32. The lowest BCUT2D eigenvalue weighted by molar-refractivity contribution is 0.0694. The van der Waals surface area contributed by atoms with Crippen LogP contribution < -0.4 is 5.32 Å². The molecule has 0 spiro atoms. The van der Waals surface area contributed by atoms with E-state index in [1.165, 1.54) is 18.2 Å². The SMILES string of the molecule is CCc1oc(C(=O)NCC2(c3ccc(F)cc3Cl)CC2)cc1C(=O)O. The number of carboxylic acids is 1. The smallest absolute Gasteiger partial charge is 0.339 e. The monoisotopic (exact) mass is 365 g/mol. The highest BCUT2D eigenvalue weighted by molar-refractivity contribution is 6.31. The number of aromatic carboxylic acids is 1. The second-order valence-corrected chi connectivity index (χ2v) is 6.60. The minimum Gasteiger partial charge on any atom is -0.478 e. The summed E-state index contributed by atoms with van der Waals surface area (Å²) in [5.41, 5.74) is 0.488. The van der Waals surface area contributed by atoms with Gasteiger partial charge in [-0.1, -0.05) is 24.6 Å². The van der Waals surface area contributed by atoms with Crippen LogP contribution in [0.25, 0.3) is 0 Å². The van der Waals surface area contributed by atoms with Crippen molar-refractivity contribution < 1.29 is 23.5 Å². The molecule has 1 fully saturated rings. The Morgan fingerprint density at radius 1 is 1.36 bits per heavy atom. The highest BCUT2D eigenvalue weighted by Crippen LogP contribution is 2.50. The summed E-state index contributed by atoms with van der Waals surface area (Å²) in [5.74, 6) is -1.78. The van der Waals surface area contributed by atoms with Crippen molar-refractivity contribution in [3.63, 3.8) is 0 Å². The zero-order chi connectivity index (χ0) is 18.2. The van der Waals surface area contributed by atoms with Crippen molar-refractivity contribution in [2.45, 2.75) is 31.6 Å². The van der Waals surface area contributed by atoms with Crippen LogP contribution in [0.2, 0.25) is 5.02 Å². The fourth-order valence-electron chi connectivity index (χ4n) is 2.93. The van der Waals surface area contributed by atoms with Gasteiger partial charge in [-0.3, -0.25) is 4.79 Å². The summed E-state index contributed by atoms with van der Waals surface area (Å²) >= 11 is 6.13. The maximum Gasteiger partial charge on any atom is 0.339 e. The molecule has 1 aromatic heterocycles. The molecule has 0 aliphatic heterocycles. The van der Waals surface area contributed by atoms with E-state index in [9.17, 15) is 14.0 Å². The zero-order valence-corrected chi connectivity index (χ0v) is 14.3. The average Bonchev–Trinajstić information content (AvgIpc) is 3.21. The second kappa shape index (κ2) is 6.52. The highest BCUT2D eigenvalue weighted by atomic mass is 35.5. The Hall–Kier alpha value is -2.34. The first-order valence-corrected chi connectivity index (χ1v) is 8.34. The Morgan fingerprint density at radius 3 is 2.60 bits per heavy atom. The summed E-state index contributed by atoms with van der Waals surface area (Å²) in [5, 5.41) is 12.2. The first kappa shape index (κ1) is 17.5.